The minimum Gasteiger partial charge on any atom is -0.385 e. The van der Waals surface area contributed by atoms with E-state index in [0.29, 0.717) is 5.41 Å². The van der Waals surface area contributed by atoms with Crippen LogP contribution in [0.15, 0.2) is 18.3 Å². The van der Waals surface area contributed by atoms with E-state index in [1.54, 1.807) is 7.11 Å². The van der Waals surface area contributed by atoms with Crippen molar-refractivity contribution in [3.05, 3.63) is 24.2 Å². The number of ether oxygens (including phenoxy) is 1. The fourth-order valence-electron chi connectivity index (χ4n) is 2.75. The van der Waals surface area contributed by atoms with Crippen molar-refractivity contribution in [1.82, 2.24) is 14.5 Å². The molecule has 0 saturated heterocycles. The molecule has 0 radical (unpaired) electrons. The van der Waals surface area contributed by atoms with Crippen LogP contribution in [0.3, 0.4) is 0 Å². The second-order valence-corrected chi connectivity index (χ2v) is 6.42. The van der Waals surface area contributed by atoms with Crippen molar-refractivity contribution in [2.24, 2.45) is 5.41 Å². The van der Waals surface area contributed by atoms with Gasteiger partial charge in [-0.3, -0.25) is 0 Å². The molecule has 108 valence electrons. The molecule has 0 amide bonds. The first kappa shape index (κ1) is 13.8. The maximum Gasteiger partial charge on any atom is 0.160 e. The molecule has 20 heavy (non-hydrogen) atoms. The third kappa shape index (κ3) is 2.54. The highest BCUT2D eigenvalue weighted by Gasteiger charge is 2.43. The number of aromatic nitrogens is 3. The van der Waals surface area contributed by atoms with Gasteiger partial charge in [0.2, 0.25) is 0 Å². The quantitative estimate of drug-likeness (QED) is 0.765. The van der Waals surface area contributed by atoms with Crippen molar-refractivity contribution in [1.29, 1.82) is 0 Å². The van der Waals surface area contributed by atoms with Crippen LogP contribution < -0.4 is 0 Å². The van der Waals surface area contributed by atoms with Crippen LogP contribution in [0.25, 0.3) is 11.2 Å². The summed E-state index contributed by atoms with van der Waals surface area (Å²) in [7, 11) is 1.76. The van der Waals surface area contributed by atoms with Gasteiger partial charge in [-0.15, -0.1) is 11.6 Å². The first-order valence-electron chi connectivity index (χ1n) is 7.09. The molecule has 0 N–H and O–H groups in total. The maximum absolute atomic E-state index is 6.30. The van der Waals surface area contributed by atoms with Crippen LogP contribution in [-0.2, 0) is 11.3 Å². The lowest BCUT2D eigenvalue weighted by molar-refractivity contribution is 0.167. The zero-order chi connectivity index (χ0) is 14.2. The van der Waals surface area contributed by atoms with Gasteiger partial charge in [-0.25, -0.2) is 9.97 Å². The van der Waals surface area contributed by atoms with Gasteiger partial charge in [0, 0.05) is 26.5 Å². The summed E-state index contributed by atoms with van der Waals surface area (Å²) >= 11 is 6.30. The fraction of sp³-hybridized carbons (Fsp3) is 0.600. The molecule has 1 fully saturated rings. The molecule has 0 spiro atoms. The van der Waals surface area contributed by atoms with E-state index in [1.165, 1.54) is 12.8 Å². The SMILES string of the molecule is COCCC1(Cn2c(C(C)Cl)nc3cccnc32)CC1. The van der Waals surface area contributed by atoms with Gasteiger partial charge in [0.1, 0.15) is 11.3 Å². The Morgan fingerprint density at radius 1 is 1.50 bits per heavy atom. The second-order valence-electron chi connectivity index (χ2n) is 5.76. The number of alkyl halides is 1. The number of hydrogen-bond donors (Lipinski definition) is 0. The Morgan fingerprint density at radius 3 is 2.95 bits per heavy atom. The second kappa shape index (κ2) is 5.34. The molecule has 1 saturated carbocycles. The largest absolute Gasteiger partial charge is 0.385 e. The van der Waals surface area contributed by atoms with Gasteiger partial charge in [0.05, 0.1) is 5.38 Å². The Balaban J connectivity index is 1.95. The zero-order valence-corrected chi connectivity index (χ0v) is 12.7. The minimum absolute atomic E-state index is 0.109. The van der Waals surface area contributed by atoms with Crippen molar-refractivity contribution in [3.63, 3.8) is 0 Å². The van der Waals surface area contributed by atoms with E-state index in [9.17, 15) is 0 Å². The molecule has 0 aliphatic heterocycles. The third-order valence-corrected chi connectivity index (χ3v) is 4.37. The molecule has 2 aromatic rings. The van der Waals surface area contributed by atoms with E-state index >= 15 is 0 Å². The van der Waals surface area contributed by atoms with Gasteiger partial charge in [0.25, 0.3) is 0 Å². The lowest BCUT2D eigenvalue weighted by atomic mass is 10.0. The topological polar surface area (TPSA) is 39.9 Å². The van der Waals surface area contributed by atoms with Crippen molar-refractivity contribution in [2.45, 2.75) is 38.1 Å². The van der Waals surface area contributed by atoms with Crippen molar-refractivity contribution < 1.29 is 4.74 Å². The lowest BCUT2D eigenvalue weighted by Crippen LogP contribution is -2.16. The Labute approximate surface area is 124 Å². The monoisotopic (exact) mass is 293 g/mol. The molecule has 1 aliphatic rings. The summed E-state index contributed by atoms with van der Waals surface area (Å²) in [6.45, 7) is 3.72. The first-order chi connectivity index (χ1) is 9.65. The molecule has 3 rings (SSSR count). The number of methoxy groups -OCH3 is 1. The molecule has 1 unspecified atom stereocenters. The van der Waals surface area contributed by atoms with Gasteiger partial charge in [0.15, 0.2) is 5.65 Å². The predicted octanol–water partition coefficient (Wildman–Crippen LogP) is 3.55. The van der Waals surface area contributed by atoms with Crippen molar-refractivity contribution in [2.75, 3.05) is 13.7 Å². The highest BCUT2D eigenvalue weighted by Crippen LogP contribution is 2.51. The molecule has 1 aliphatic carbocycles. The molecular weight excluding hydrogens is 274 g/mol. The summed E-state index contributed by atoms with van der Waals surface area (Å²) in [6.07, 6.45) is 5.40. The molecular formula is C15H20ClN3O. The smallest absolute Gasteiger partial charge is 0.160 e. The summed E-state index contributed by atoms with van der Waals surface area (Å²) in [5.74, 6) is 0.920. The Bertz CT molecular complexity index is 604. The van der Waals surface area contributed by atoms with E-state index in [2.05, 4.69) is 14.5 Å². The van der Waals surface area contributed by atoms with E-state index in [4.69, 9.17) is 16.3 Å². The molecule has 5 heteroatoms. The van der Waals surface area contributed by atoms with E-state index in [-0.39, 0.29) is 5.38 Å². The summed E-state index contributed by atoms with van der Waals surface area (Å²) in [4.78, 5) is 9.13. The van der Waals surface area contributed by atoms with Crippen LogP contribution in [0.2, 0.25) is 0 Å². The molecule has 2 heterocycles. The standard InChI is InChI=1S/C15H20ClN3O/c1-11(16)13-18-12-4-3-8-17-14(12)19(13)10-15(5-6-15)7-9-20-2/h3-4,8,11H,5-7,9-10H2,1-2H3. The Hall–Kier alpha value is -1.13. The molecule has 0 bridgehead atoms. The number of imidazole rings is 1. The number of fused-ring (bicyclic) bond motifs is 1. The minimum atomic E-state index is -0.109. The normalized spacial score (nSPS) is 18.4. The van der Waals surface area contributed by atoms with Crippen LogP contribution in [-0.4, -0.2) is 28.3 Å². The van der Waals surface area contributed by atoms with Crippen molar-refractivity contribution in [3.8, 4) is 0 Å². The highest BCUT2D eigenvalue weighted by atomic mass is 35.5. The Kier molecular flexibility index (Phi) is 3.69. The summed E-state index contributed by atoms with van der Waals surface area (Å²) in [6, 6.07) is 3.91. The Morgan fingerprint density at radius 2 is 2.30 bits per heavy atom. The summed E-state index contributed by atoms with van der Waals surface area (Å²) < 4.78 is 7.44. The van der Waals surface area contributed by atoms with Gasteiger partial charge >= 0.3 is 0 Å². The number of halogens is 1. The first-order valence-corrected chi connectivity index (χ1v) is 7.53. The van der Waals surface area contributed by atoms with Crippen LogP contribution in [0.5, 0.6) is 0 Å². The van der Waals surface area contributed by atoms with Gasteiger partial charge in [-0.05, 0) is 43.7 Å². The maximum atomic E-state index is 6.30. The summed E-state index contributed by atoms with van der Waals surface area (Å²) in [5.41, 5.74) is 2.22. The van der Waals surface area contributed by atoms with E-state index in [1.807, 2.05) is 25.3 Å². The molecule has 2 aromatic heterocycles. The number of nitrogens with zero attached hydrogens (tertiary/aromatic N) is 3. The summed E-state index contributed by atoms with van der Waals surface area (Å²) in [5, 5.41) is -0.109. The highest BCUT2D eigenvalue weighted by molar-refractivity contribution is 6.20. The average Bonchev–Trinajstić information content (AvgIpc) is 3.11. The van der Waals surface area contributed by atoms with Crippen LogP contribution in [0, 0.1) is 5.41 Å². The number of pyridine rings is 1. The predicted molar refractivity (Wildman–Crippen MR) is 80.0 cm³/mol. The molecule has 1 atom stereocenters. The van der Waals surface area contributed by atoms with E-state index < -0.39 is 0 Å². The van der Waals surface area contributed by atoms with Crippen molar-refractivity contribution >= 4 is 22.8 Å². The number of hydrogen-bond acceptors (Lipinski definition) is 3. The lowest BCUT2D eigenvalue weighted by Gasteiger charge is -2.18. The van der Waals surface area contributed by atoms with E-state index in [0.717, 1.165) is 36.6 Å². The fourth-order valence-corrected chi connectivity index (χ4v) is 2.92. The van der Waals surface area contributed by atoms with Crippen LogP contribution >= 0.6 is 11.6 Å². The molecule has 4 nitrogen and oxygen atoms in total. The average molecular weight is 294 g/mol. The van der Waals surface area contributed by atoms with Gasteiger partial charge in [-0.2, -0.15) is 0 Å². The van der Waals surface area contributed by atoms with Crippen LogP contribution in [0.4, 0.5) is 0 Å². The third-order valence-electron chi connectivity index (χ3n) is 4.18. The van der Waals surface area contributed by atoms with Crippen LogP contribution in [0.1, 0.15) is 37.4 Å². The molecule has 0 aromatic carbocycles. The van der Waals surface area contributed by atoms with Gasteiger partial charge < -0.3 is 9.30 Å². The van der Waals surface area contributed by atoms with Gasteiger partial charge in [-0.1, -0.05) is 0 Å². The zero-order valence-electron chi connectivity index (χ0n) is 12.0. The number of rotatable bonds is 6.